The molecule has 7 heteroatoms. The Hall–Kier alpha value is -2.00. The van der Waals surface area contributed by atoms with Gasteiger partial charge in [-0.25, -0.2) is 0 Å². The van der Waals surface area contributed by atoms with E-state index in [9.17, 15) is 0 Å². The van der Waals surface area contributed by atoms with Crippen LogP contribution < -0.4 is 20.1 Å². The summed E-state index contributed by atoms with van der Waals surface area (Å²) in [6, 6.07) is 16.1. The highest BCUT2D eigenvalue weighted by Crippen LogP contribution is 2.30. The Bertz CT molecular complexity index is 726. The SMILES string of the molecule is CCOc1ccc(NC(=NC)NCCCOCCc2ccccc2)cc1OC.I. The summed E-state index contributed by atoms with van der Waals surface area (Å²) in [5.41, 5.74) is 2.18. The molecule has 6 nitrogen and oxygen atoms in total. The Kier molecular flexibility index (Phi) is 12.9. The van der Waals surface area contributed by atoms with E-state index < -0.39 is 0 Å². The minimum absolute atomic E-state index is 0. The molecule has 2 aromatic rings. The first kappa shape index (κ1) is 25.0. The Balaban J connectivity index is 0.00000420. The van der Waals surface area contributed by atoms with E-state index in [-0.39, 0.29) is 24.0 Å². The van der Waals surface area contributed by atoms with Crippen LogP contribution >= 0.6 is 24.0 Å². The van der Waals surface area contributed by atoms with Crippen molar-refractivity contribution in [1.82, 2.24) is 5.32 Å². The Morgan fingerprint density at radius 2 is 1.83 bits per heavy atom. The third kappa shape index (κ3) is 9.36. The fraction of sp³-hybridized carbons (Fsp3) is 0.409. The molecule has 29 heavy (non-hydrogen) atoms. The molecular weight excluding hydrogens is 481 g/mol. The highest BCUT2D eigenvalue weighted by molar-refractivity contribution is 14.0. The van der Waals surface area contributed by atoms with Crippen LogP contribution in [0.5, 0.6) is 11.5 Å². The van der Waals surface area contributed by atoms with Crippen molar-refractivity contribution < 1.29 is 14.2 Å². The van der Waals surface area contributed by atoms with E-state index in [0.29, 0.717) is 24.9 Å². The van der Waals surface area contributed by atoms with Crippen LogP contribution in [-0.4, -0.2) is 46.5 Å². The van der Waals surface area contributed by atoms with Gasteiger partial charge in [-0.3, -0.25) is 4.99 Å². The third-order valence-electron chi connectivity index (χ3n) is 4.09. The van der Waals surface area contributed by atoms with E-state index in [1.807, 2.05) is 31.2 Å². The van der Waals surface area contributed by atoms with E-state index in [2.05, 4.69) is 39.9 Å². The summed E-state index contributed by atoms with van der Waals surface area (Å²) in [6.07, 6.45) is 1.85. The van der Waals surface area contributed by atoms with Crippen molar-refractivity contribution in [2.45, 2.75) is 19.8 Å². The maximum atomic E-state index is 5.71. The van der Waals surface area contributed by atoms with Gasteiger partial charge in [0.15, 0.2) is 17.5 Å². The molecule has 0 heterocycles. The predicted octanol–water partition coefficient (Wildman–Crippen LogP) is 4.35. The van der Waals surface area contributed by atoms with Gasteiger partial charge < -0.3 is 24.8 Å². The minimum atomic E-state index is 0. The van der Waals surface area contributed by atoms with Crippen molar-refractivity contribution >= 4 is 35.6 Å². The monoisotopic (exact) mass is 513 g/mol. The molecular formula is C22H32IN3O3. The number of ether oxygens (including phenoxy) is 3. The zero-order valence-electron chi connectivity index (χ0n) is 17.4. The molecule has 0 spiro atoms. The second-order valence-corrected chi connectivity index (χ2v) is 6.12. The summed E-state index contributed by atoms with van der Waals surface area (Å²) in [6.45, 7) is 4.78. The van der Waals surface area contributed by atoms with Gasteiger partial charge >= 0.3 is 0 Å². The topological polar surface area (TPSA) is 64.1 Å². The number of nitrogens with one attached hydrogen (secondary N) is 2. The molecule has 2 N–H and O–H groups in total. The summed E-state index contributed by atoms with van der Waals surface area (Å²) in [5, 5.41) is 6.55. The molecule has 2 aromatic carbocycles. The number of aliphatic imine (C=N–C) groups is 1. The molecule has 0 aliphatic heterocycles. The average molecular weight is 513 g/mol. The van der Waals surface area contributed by atoms with E-state index in [4.69, 9.17) is 14.2 Å². The van der Waals surface area contributed by atoms with Crippen molar-refractivity contribution in [3.8, 4) is 11.5 Å². The number of nitrogens with zero attached hydrogens (tertiary/aromatic N) is 1. The summed E-state index contributed by atoms with van der Waals surface area (Å²) < 4.78 is 16.6. The zero-order valence-corrected chi connectivity index (χ0v) is 19.8. The maximum absolute atomic E-state index is 5.71. The average Bonchev–Trinajstić information content (AvgIpc) is 2.74. The Morgan fingerprint density at radius 1 is 1.03 bits per heavy atom. The van der Waals surface area contributed by atoms with Gasteiger partial charge in [-0.05, 0) is 37.5 Å². The number of methoxy groups -OCH3 is 1. The predicted molar refractivity (Wildman–Crippen MR) is 130 cm³/mol. The van der Waals surface area contributed by atoms with E-state index in [0.717, 1.165) is 37.4 Å². The normalized spacial score (nSPS) is 10.8. The number of anilines is 1. The van der Waals surface area contributed by atoms with Crippen LogP contribution in [0.2, 0.25) is 0 Å². The summed E-state index contributed by atoms with van der Waals surface area (Å²) >= 11 is 0. The molecule has 0 fully saturated rings. The third-order valence-corrected chi connectivity index (χ3v) is 4.09. The van der Waals surface area contributed by atoms with Crippen LogP contribution in [0.15, 0.2) is 53.5 Å². The second-order valence-electron chi connectivity index (χ2n) is 6.12. The molecule has 0 unspecified atom stereocenters. The van der Waals surface area contributed by atoms with Gasteiger partial charge in [-0.15, -0.1) is 24.0 Å². The fourth-order valence-corrected chi connectivity index (χ4v) is 2.65. The number of guanidine groups is 1. The lowest BCUT2D eigenvalue weighted by Crippen LogP contribution is -2.32. The lowest BCUT2D eigenvalue weighted by Gasteiger charge is -2.14. The van der Waals surface area contributed by atoms with Crippen molar-refractivity contribution in [2.75, 3.05) is 45.8 Å². The molecule has 0 saturated heterocycles. The van der Waals surface area contributed by atoms with Crippen molar-refractivity contribution in [2.24, 2.45) is 4.99 Å². The van der Waals surface area contributed by atoms with Gasteiger partial charge in [-0.2, -0.15) is 0 Å². The largest absolute Gasteiger partial charge is 0.493 e. The molecule has 0 amide bonds. The fourth-order valence-electron chi connectivity index (χ4n) is 2.65. The van der Waals surface area contributed by atoms with Crippen LogP contribution in [-0.2, 0) is 11.2 Å². The lowest BCUT2D eigenvalue weighted by molar-refractivity contribution is 0.135. The maximum Gasteiger partial charge on any atom is 0.195 e. The molecule has 0 aliphatic carbocycles. The molecule has 0 saturated carbocycles. The van der Waals surface area contributed by atoms with Crippen LogP contribution in [0.25, 0.3) is 0 Å². The van der Waals surface area contributed by atoms with Gasteiger partial charge in [0.1, 0.15) is 0 Å². The smallest absolute Gasteiger partial charge is 0.195 e. The number of hydrogen-bond acceptors (Lipinski definition) is 4. The summed E-state index contributed by atoms with van der Waals surface area (Å²) in [7, 11) is 3.38. The van der Waals surface area contributed by atoms with Gasteiger partial charge in [0.2, 0.25) is 0 Å². The lowest BCUT2D eigenvalue weighted by atomic mass is 10.2. The quantitative estimate of drug-likeness (QED) is 0.203. The highest BCUT2D eigenvalue weighted by atomic mass is 127. The first-order chi connectivity index (χ1) is 13.8. The number of benzene rings is 2. The second kappa shape index (κ2) is 14.9. The van der Waals surface area contributed by atoms with Crippen LogP contribution in [0.4, 0.5) is 5.69 Å². The van der Waals surface area contributed by atoms with Crippen LogP contribution in [0.3, 0.4) is 0 Å². The number of halogens is 1. The first-order valence-corrected chi connectivity index (χ1v) is 9.67. The Labute approximate surface area is 191 Å². The molecule has 2 rings (SSSR count). The van der Waals surface area contributed by atoms with Gasteiger partial charge in [0.25, 0.3) is 0 Å². The van der Waals surface area contributed by atoms with Gasteiger partial charge in [-0.1, -0.05) is 30.3 Å². The molecule has 0 atom stereocenters. The molecule has 0 bridgehead atoms. The highest BCUT2D eigenvalue weighted by Gasteiger charge is 2.06. The molecule has 0 aromatic heterocycles. The first-order valence-electron chi connectivity index (χ1n) is 9.67. The van der Waals surface area contributed by atoms with E-state index >= 15 is 0 Å². The van der Waals surface area contributed by atoms with Crippen molar-refractivity contribution in [1.29, 1.82) is 0 Å². The molecule has 160 valence electrons. The van der Waals surface area contributed by atoms with Gasteiger partial charge in [0, 0.05) is 32.0 Å². The zero-order chi connectivity index (χ0) is 20.0. The number of rotatable bonds is 11. The summed E-state index contributed by atoms with van der Waals surface area (Å²) in [4.78, 5) is 4.25. The standard InChI is InChI=1S/C22H31N3O3.HI/c1-4-28-20-12-11-19(17-21(20)26-3)25-22(23-2)24-14-8-15-27-16-13-18-9-6-5-7-10-18;/h5-7,9-12,17H,4,8,13-16H2,1-3H3,(H2,23,24,25);1H. The van der Waals surface area contributed by atoms with Crippen LogP contribution in [0.1, 0.15) is 18.9 Å². The Morgan fingerprint density at radius 3 is 2.52 bits per heavy atom. The molecule has 0 aliphatic rings. The van der Waals surface area contributed by atoms with E-state index in [1.165, 1.54) is 5.56 Å². The minimum Gasteiger partial charge on any atom is -0.493 e. The van der Waals surface area contributed by atoms with E-state index in [1.54, 1.807) is 14.2 Å². The molecule has 0 radical (unpaired) electrons. The number of hydrogen-bond donors (Lipinski definition) is 2. The van der Waals surface area contributed by atoms with Crippen LogP contribution in [0, 0.1) is 0 Å². The van der Waals surface area contributed by atoms with Crippen molar-refractivity contribution in [3.63, 3.8) is 0 Å². The van der Waals surface area contributed by atoms with Crippen molar-refractivity contribution in [3.05, 3.63) is 54.1 Å². The summed E-state index contributed by atoms with van der Waals surface area (Å²) in [5.74, 6) is 2.12. The van der Waals surface area contributed by atoms with Gasteiger partial charge in [0.05, 0.1) is 20.3 Å².